The third-order valence-electron chi connectivity index (χ3n) is 3.79. The zero-order valence-corrected chi connectivity index (χ0v) is 13.8. The van der Waals surface area contributed by atoms with E-state index < -0.39 is 0 Å². The summed E-state index contributed by atoms with van der Waals surface area (Å²) in [4.78, 5) is 0.734. The second-order valence-corrected chi connectivity index (χ2v) is 6.40. The molecular weight excluding hydrogens is 336 g/mol. The summed E-state index contributed by atoms with van der Waals surface area (Å²) in [5, 5.41) is 25.4. The Morgan fingerprint density at radius 1 is 0.920 bits per heavy atom. The normalized spacial score (nSPS) is 11.4. The van der Waals surface area contributed by atoms with Crippen LogP contribution in [0.15, 0.2) is 54.6 Å². The van der Waals surface area contributed by atoms with Crippen molar-refractivity contribution in [3.63, 3.8) is 0 Å². The molecule has 0 aliphatic carbocycles. The molecule has 0 saturated carbocycles. The van der Waals surface area contributed by atoms with E-state index in [2.05, 4.69) is 30.9 Å². The minimum Gasteiger partial charge on any atom is -0.330 e. The molecule has 0 aliphatic rings. The highest BCUT2D eigenvalue weighted by Crippen LogP contribution is 2.23. The molecule has 0 bridgehead atoms. The van der Waals surface area contributed by atoms with Gasteiger partial charge in [0.1, 0.15) is 12.1 Å². The van der Waals surface area contributed by atoms with E-state index in [0.717, 1.165) is 26.8 Å². The Kier molecular flexibility index (Phi) is 3.17. The van der Waals surface area contributed by atoms with Crippen LogP contribution in [0.25, 0.3) is 16.0 Å². The second-order valence-electron chi connectivity index (χ2n) is 5.44. The largest absolute Gasteiger partial charge is 0.330 e. The molecule has 0 fully saturated rings. The maximum absolute atomic E-state index is 4.57. The first-order valence-corrected chi connectivity index (χ1v) is 8.50. The number of rotatable bonds is 4. The van der Waals surface area contributed by atoms with Gasteiger partial charge in [-0.2, -0.15) is 4.52 Å². The lowest BCUT2D eigenvalue weighted by molar-refractivity contribution is 0.628. The summed E-state index contributed by atoms with van der Waals surface area (Å²) in [6.07, 6.45) is 0. The molecule has 0 atom stereocenters. The Hall–Kier alpha value is -3.33. The molecule has 5 aromatic rings. The zero-order chi connectivity index (χ0) is 16.6. The van der Waals surface area contributed by atoms with E-state index in [0.29, 0.717) is 12.4 Å². The molecule has 5 rings (SSSR count). The van der Waals surface area contributed by atoms with Gasteiger partial charge in [-0.05, 0) is 24.3 Å². The molecule has 2 aromatic carbocycles. The predicted molar refractivity (Wildman–Crippen MR) is 95.0 cm³/mol. The van der Waals surface area contributed by atoms with E-state index in [1.165, 1.54) is 11.3 Å². The van der Waals surface area contributed by atoms with Crippen LogP contribution in [-0.4, -0.2) is 34.8 Å². The van der Waals surface area contributed by atoms with Crippen molar-refractivity contribution in [3.05, 3.63) is 60.4 Å². The van der Waals surface area contributed by atoms with Crippen molar-refractivity contribution in [2.24, 2.45) is 0 Å². The van der Waals surface area contributed by atoms with Gasteiger partial charge in [-0.15, -0.1) is 20.4 Å². The van der Waals surface area contributed by atoms with Crippen molar-refractivity contribution in [1.29, 1.82) is 0 Å². The molecule has 0 amide bonds. The van der Waals surface area contributed by atoms with Crippen molar-refractivity contribution in [2.75, 3.05) is 5.32 Å². The standard InChI is InChI=1S/C16H12N8S/c1-2-6-11(7-3-1)17-15-21-24-14(19-20-16(24)25-15)10-23-13-9-5-4-8-12(13)18-22-23/h1-9H,10H2,(H,17,21). The average molecular weight is 348 g/mol. The van der Waals surface area contributed by atoms with Gasteiger partial charge in [-0.3, -0.25) is 0 Å². The van der Waals surface area contributed by atoms with Gasteiger partial charge in [0.05, 0.1) is 5.52 Å². The summed E-state index contributed by atoms with van der Waals surface area (Å²) in [7, 11) is 0. The number of anilines is 2. The van der Waals surface area contributed by atoms with E-state index in [-0.39, 0.29) is 0 Å². The van der Waals surface area contributed by atoms with Crippen LogP contribution in [0, 0.1) is 0 Å². The highest BCUT2D eigenvalue weighted by atomic mass is 32.1. The summed E-state index contributed by atoms with van der Waals surface area (Å²) in [6, 6.07) is 17.7. The van der Waals surface area contributed by atoms with Gasteiger partial charge in [0.25, 0.3) is 0 Å². The SMILES string of the molecule is c1ccc(Nc2nn3c(Cn4nnc5ccccc54)nnc3s2)cc1. The van der Waals surface area contributed by atoms with Crippen LogP contribution in [0.2, 0.25) is 0 Å². The van der Waals surface area contributed by atoms with E-state index in [1.54, 1.807) is 9.20 Å². The average Bonchev–Trinajstić information content (AvgIpc) is 3.32. The zero-order valence-electron chi connectivity index (χ0n) is 12.9. The van der Waals surface area contributed by atoms with Crippen molar-refractivity contribution in [2.45, 2.75) is 6.54 Å². The van der Waals surface area contributed by atoms with E-state index in [1.807, 2.05) is 54.6 Å². The Morgan fingerprint density at radius 3 is 2.68 bits per heavy atom. The van der Waals surface area contributed by atoms with Gasteiger partial charge in [-0.1, -0.05) is 46.9 Å². The van der Waals surface area contributed by atoms with Crippen LogP contribution in [0.1, 0.15) is 5.82 Å². The number of para-hydroxylation sites is 2. The number of hydrogen-bond acceptors (Lipinski definition) is 7. The molecule has 0 spiro atoms. The number of fused-ring (bicyclic) bond motifs is 2. The third kappa shape index (κ3) is 2.50. The molecule has 3 heterocycles. The van der Waals surface area contributed by atoms with Crippen molar-refractivity contribution >= 4 is 38.2 Å². The molecule has 122 valence electrons. The van der Waals surface area contributed by atoms with Crippen LogP contribution < -0.4 is 5.32 Å². The predicted octanol–water partition coefficient (Wildman–Crippen LogP) is 2.72. The molecule has 3 aromatic heterocycles. The number of nitrogens with zero attached hydrogens (tertiary/aromatic N) is 7. The fourth-order valence-electron chi connectivity index (χ4n) is 2.62. The smallest absolute Gasteiger partial charge is 0.236 e. The van der Waals surface area contributed by atoms with E-state index in [4.69, 9.17) is 0 Å². The van der Waals surface area contributed by atoms with Crippen LogP contribution in [0.3, 0.4) is 0 Å². The lowest BCUT2D eigenvalue weighted by Gasteiger charge is -2.01. The molecule has 0 aliphatic heterocycles. The quantitative estimate of drug-likeness (QED) is 0.537. The first kappa shape index (κ1) is 14.1. The minimum atomic E-state index is 0.455. The van der Waals surface area contributed by atoms with Crippen molar-refractivity contribution in [1.82, 2.24) is 34.8 Å². The van der Waals surface area contributed by atoms with Crippen LogP contribution >= 0.6 is 11.3 Å². The first-order chi connectivity index (χ1) is 12.4. The van der Waals surface area contributed by atoms with E-state index >= 15 is 0 Å². The molecule has 8 nitrogen and oxygen atoms in total. The molecule has 1 N–H and O–H groups in total. The van der Waals surface area contributed by atoms with Gasteiger partial charge in [0.2, 0.25) is 10.1 Å². The fourth-order valence-corrected chi connectivity index (χ4v) is 3.40. The van der Waals surface area contributed by atoms with Crippen LogP contribution in [-0.2, 0) is 6.54 Å². The molecular formula is C16H12N8S. The summed E-state index contributed by atoms with van der Waals surface area (Å²) in [5.41, 5.74) is 2.79. The van der Waals surface area contributed by atoms with Crippen LogP contribution in [0.5, 0.6) is 0 Å². The van der Waals surface area contributed by atoms with Gasteiger partial charge >= 0.3 is 0 Å². The summed E-state index contributed by atoms with van der Waals surface area (Å²) < 4.78 is 3.54. The number of benzene rings is 2. The summed E-state index contributed by atoms with van der Waals surface area (Å²) in [6.45, 7) is 0.455. The molecule has 0 saturated heterocycles. The van der Waals surface area contributed by atoms with Gasteiger partial charge in [0.15, 0.2) is 5.82 Å². The second kappa shape index (κ2) is 5.64. The highest BCUT2D eigenvalue weighted by molar-refractivity contribution is 7.20. The van der Waals surface area contributed by atoms with Gasteiger partial charge < -0.3 is 5.32 Å². The number of nitrogens with one attached hydrogen (secondary N) is 1. The maximum Gasteiger partial charge on any atom is 0.236 e. The number of aromatic nitrogens is 7. The van der Waals surface area contributed by atoms with Gasteiger partial charge in [-0.25, -0.2) is 4.68 Å². The third-order valence-corrected chi connectivity index (χ3v) is 4.61. The molecule has 0 radical (unpaired) electrons. The molecule has 0 unspecified atom stereocenters. The van der Waals surface area contributed by atoms with E-state index in [9.17, 15) is 0 Å². The lowest BCUT2D eigenvalue weighted by Crippen LogP contribution is -2.06. The topological polar surface area (TPSA) is 85.8 Å². The lowest BCUT2D eigenvalue weighted by atomic mass is 10.3. The maximum atomic E-state index is 4.57. The summed E-state index contributed by atoms with van der Waals surface area (Å²) >= 11 is 1.45. The summed E-state index contributed by atoms with van der Waals surface area (Å²) in [5.74, 6) is 0.711. The molecule has 9 heteroatoms. The van der Waals surface area contributed by atoms with Gasteiger partial charge in [0, 0.05) is 5.69 Å². The Morgan fingerprint density at radius 2 is 1.76 bits per heavy atom. The van der Waals surface area contributed by atoms with Crippen molar-refractivity contribution in [3.8, 4) is 0 Å². The van der Waals surface area contributed by atoms with Crippen molar-refractivity contribution < 1.29 is 0 Å². The first-order valence-electron chi connectivity index (χ1n) is 7.68. The Balaban J connectivity index is 1.48. The number of hydrogen-bond donors (Lipinski definition) is 1. The Bertz CT molecular complexity index is 1160. The highest BCUT2D eigenvalue weighted by Gasteiger charge is 2.14. The monoisotopic (exact) mass is 348 g/mol. The minimum absolute atomic E-state index is 0.455. The van der Waals surface area contributed by atoms with Crippen LogP contribution in [0.4, 0.5) is 10.8 Å². The fraction of sp³-hybridized carbons (Fsp3) is 0.0625. The molecule has 25 heavy (non-hydrogen) atoms. The Labute approximate surface area is 145 Å².